The number of hydrogen-bond acceptors (Lipinski definition) is 5. The van der Waals surface area contributed by atoms with Crippen LogP contribution in [0.15, 0.2) is 29.2 Å². The van der Waals surface area contributed by atoms with Crippen molar-refractivity contribution < 1.29 is 17.9 Å². The lowest BCUT2D eigenvalue weighted by atomic mass is 10.0. The maximum absolute atomic E-state index is 12.7. The highest BCUT2D eigenvalue weighted by Gasteiger charge is 2.24. The topological polar surface area (TPSA) is 101 Å². The Labute approximate surface area is 151 Å². The largest absolute Gasteiger partial charge is 0.465 e. The van der Waals surface area contributed by atoms with Crippen LogP contribution in [0.25, 0.3) is 0 Å². The molecule has 2 rings (SSSR count). The average molecular weight is 386 g/mol. The molecule has 0 spiro atoms. The highest BCUT2D eigenvalue weighted by atomic mass is 35.5. The third kappa shape index (κ3) is 4.52. The van der Waals surface area contributed by atoms with Crippen LogP contribution < -0.4 is 4.72 Å². The Morgan fingerprint density at radius 2 is 2.12 bits per heavy atom. The number of H-pyrrole nitrogens is 1. The molecule has 0 saturated heterocycles. The number of esters is 1. The highest BCUT2D eigenvalue weighted by Crippen LogP contribution is 2.25. The number of aromatic nitrogens is 2. The second kappa shape index (κ2) is 7.88. The van der Waals surface area contributed by atoms with E-state index in [-0.39, 0.29) is 27.2 Å². The van der Waals surface area contributed by atoms with Crippen molar-refractivity contribution >= 4 is 33.4 Å². The third-order valence-electron chi connectivity index (χ3n) is 3.73. The van der Waals surface area contributed by atoms with Crippen LogP contribution in [-0.2, 0) is 14.8 Å². The number of halogens is 1. The number of nitrogens with zero attached hydrogens (tertiary/aromatic N) is 1. The van der Waals surface area contributed by atoms with E-state index in [1.807, 2.05) is 6.92 Å². The molecule has 2 N–H and O–H groups in total. The Bertz CT molecular complexity index is 864. The summed E-state index contributed by atoms with van der Waals surface area (Å²) in [6.07, 6.45) is 1.96. The maximum Gasteiger partial charge on any atom is 0.339 e. The molecule has 0 aliphatic rings. The summed E-state index contributed by atoms with van der Waals surface area (Å²) in [7, 11) is -2.89. The Balaban J connectivity index is 2.34. The van der Waals surface area contributed by atoms with Gasteiger partial charge in [0.05, 0.1) is 12.7 Å². The zero-order valence-electron chi connectivity index (χ0n) is 14.2. The minimum absolute atomic E-state index is 0.102. The van der Waals surface area contributed by atoms with E-state index >= 15 is 0 Å². The predicted molar refractivity (Wildman–Crippen MR) is 95.5 cm³/mol. The number of anilines is 1. The Morgan fingerprint density at radius 3 is 2.76 bits per heavy atom. The molecule has 1 atom stereocenters. The number of benzene rings is 1. The number of nitrogens with one attached hydrogen (secondary N) is 2. The van der Waals surface area contributed by atoms with E-state index in [0.29, 0.717) is 0 Å². The summed E-state index contributed by atoms with van der Waals surface area (Å²) >= 11 is 5.89. The normalized spacial score (nSPS) is 12.6. The van der Waals surface area contributed by atoms with Crippen LogP contribution in [0, 0.1) is 0 Å². The van der Waals surface area contributed by atoms with Crippen molar-refractivity contribution in [1.29, 1.82) is 0 Å². The summed E-state index contributed by atoms with van der Waals surface area (Å²) in [5, 5.41) is 7.00. The Hall–Kier alpha value is -2.06. The molecule has 9 heteroatoms. The lowest BCUT2D eigenvalue weighted by Crippen LogP contribution is -2.17. The maximum atomic E-state index is 12.7. The van der Waals surface area contributed by atoms with Gasteiger partial charge in [-0.05, 0) is 30.5 Å². The molecule has 1 aromatic carbocycles. The summed E-state index contributed by atoms with van der Waals surface area (Å²) in [6, 6.07) is 5.57. The Morgan fingerprint density at radius 1 is 1.40 bits per heavy atom. The first-order valence-corrected chi connectivity index (χ1v) is 9.60. The van der Waals surface area contributed by atoms with E-state index in [2.05, 4.69) is 26.6 Å². The van der Waals surface area contributed by atoms with Crippen molar-refractivity contribution in [3.8, 4) is 0 Å². The molecule has 0 aliphatic carbocycles. The van der Waals surface area contributed by atoms with Gasteiger partial charge in [-0.2, -0.15) is 5.10 Å². The van der Waals surface area contributed by atoms with Gasteiger partial charge in [0.2, 0.25) is 0 Å². The van der Waals surface area contributed by atoms with E-state index < -0.39 is 16.0 Å². The van der Waals surface area contributed by atoms with Gasteiger partial charge in [0.15, 0.2) is 5.82 Å². The fourth-order valence-corrected chi connectivity index (χ4v) is 3.87. The molecule has 0 fully saturated rings. The van der Waals surface area contributed by atoms with Crippen molar-refractivity contribution in [1.82, 2.24) is 10.2 Å². The Kier molecular flexibility index (Phi) is 6.07. The van der Waals surface area contributed by atoms with Crippen molar-refractivity contribution in [3.63, 3.8) is 0 Å². The van der Waals surface area contributed by atoms with Crippen LogP contribution >= 0.6 is 11.6 Å². The van der Waals surface area contributed by atoms with Gasteiger partial charge in [-0.1, -0.05) is 31.9 Å². The summed E-state index contributed by atoms with van der Waals surface area (Å²) in [5.74, 6) is -0.391. The highest BCUT2D eigenvalue weighted by molar-refractivity contribution is 7.92. The monoisotopic (exact) mass is 385 g/mol. The van der Waals surface area contributed by atoms with Gasteiger partial charge in [-0.3, -0.25) is 9.82 Å². The predicted octanol–water partition coefficient (Wildman–Crippen LogP) is 3.55. The van der Waals surface area contributed by atoms with E-state index in [1.54, 1.807) is 6.07 Å². The van der Waals surface area contributed by atoms with Gasteiger partial charge >= 0.3 is 5.97 Å². The minimum Gasteiger partial charge on any atom is -0.465 e. The molecule has 0 amide bonds. The fourth-order valence-electron chi connectivity index (χ4n) is 2.42. The van der Waals surface area contributed by atoms with Crippen LogP contribution in [0.5, 0.6) is 0 Å². The van der Waals surface area contributed by atoms with Crippen LogP contribution in [0.2, 0.25) is 5.02 Å². The second-order valence-electron chi connectivity index (χ2n) is 5.64. The molecular weight excluding hydrogens is 366 g/mol. The van der Waals surface area contributed by atoms with E-state index in [1.165, 1.54) is 25.3 Å². The molecule has 0 saturated carbocycles. The van der Waals surface area contributed by atoms with Gasteiger partial charge in [-0.15, -0.1) is 0 Å². The number of carbonyl (C=O) groups excluding carboxylic acids is 1. The number of sulfonamides is 1. The SMILES string of the molecule is CCCC(C)c1cc(NS(=O)(=O)c2cc(Cl)ccc2C(=O)OC)n[nH]1. The molecule has 25 heavy (non-hydrogen) atoms. The van der Waals surface area contributed by atoms with Gasteiger partial charge < -0.3 is 4.74 Å². The van der Waals surface area contributed by atoms with Crippen molar-refractivity contribution in [2.75, 3.05) is 11.8 Å². The smallest absolute Gasteiger partial charge is 0.339 e. The molecule has 0 bridgehead atoms. The standard InChI is InChI=1S/C16H20ClN3O4S/c1-4-5-10(2)13-9-15(19-18-13)20-25(22,23)14-8-11(17)6-7-12(14)16(21)24-3/h6-10H,4-5H2,1-3H3,(H2,18,19,20). The molecule has 1 heterocycles. The number of hydrogen-bond donors (Lipinski definition) is 2. The minimum atomic E-state index is -4.06. The lowest BCUT2D eigenvalue weighted by molar-refractivity contribution is 0.0596. The van der Waals surface area contributed by atoms with Crippen LogP contribution in [0.1, 0.15) is 48.7 Å². The number of methoxy groups -OCH3 is 1. The molecule has 0 aliphatic heterocycles. The second-order valence-corrected chi connectivity index (χ2v) is 7.72. The molecule has 1 unspecified atom stereocenters. The summed E-state index contributed by atoms with van der Waals surface area (Å²) in [4.78, 5) is 11.6. The first kappa shape index (κ1) is 19.3. The first-order valence-electron chi connectivity index (χ1n) is 7.74. The van der Waals surface area contributed by atoms with Gasteiger partial charge in [0, 0.05) is 16.8 Å². The van der Waals surface area contributed by atoms with Crippen LogP contribution in [0.4, 0.5) is 5.82 Å². The molecular formula is C16H20ClN3O4S. The van der Waals surface area contributed by atoms with Gasteiger partial charge in [-0.25, -0.2) is 13.2 Å². The van der Waals surface area contributed by atoms with Crippen LogP contribution in [-0.4, -0.2) is 31.7 Å². The number of ether oxygens (including phenoxy) is 1. The van der Waals surface area contributed by atoms with E-state index in [4.69, 9.17) is 11.6 Å². The van der Waals surface area contributed by atoms with Crippen molar-refractivity contribution in [2.45, 2.75) is 37.5 Å². The fraction of sp³-hybridized carbons (Fsp3) is 0.375. The van der Waals surface area contributed by atoms with Gasteiger partial charge in [0.1, 0.15) is 4.90 Å². The molecule has 1 aromatic heterocycles. The number of rotatable bonds is 7. The zero-order chi connectivity index (χ0) is 18.6. The summed E-state index contributed by atoms with van der Waals surface area (Å²) in [5.41, 5.74) is 0.730. The molecule has 2 aromatic rings. The quantitative estimate of drug-likeness (QED) is 0.709. The zero-order valence-corrected chi connectivity index (χ0v) is 15.7. The summed E-state index contributed by atoms with van der Waals surface area (Å²) < 4.78 is 32.3. The first-order chi connectivity index (χ1) is 11.8. The number of aromatic amines is 1. The third-order valence-corrected chi connectivity index (χ3v) is 5.36. The summed E-state index contributed by atoms with van der Waals surface area (Å²) in [6.45, 7) is 4.10. The molecule has 0 radical (unpaired) electrons. The molecule has 136 valence electrons. The van der Waals surface area contributed by atoms with Gasteiger partial charge in [0.25, 0.3) is 10.0 Å². The van der Waals surface area contributed by atoms with Crippen molar-refractivity contribution in [3.05, 3.63) is 40.5 Å². The van der Waals surface area contributed by atoms with E-state index in [0.717, 1.165) is 18.5 Å². The van der Waals surface area contributed by atoms with Crippen molar-refractivity contribution in [2.24, 2.45) is 0 Å². The van der Waals surface area contributed by atoms with Crippen LogP contribution in [0.3, 0.4) is 0 Å². The number of carbonyl (C=O) groups is 1. The lowest BCUT2D eigenvalue weighted by Gasteiger charge is -2.10. The van der Waals surface area contributed by atoms with E-state index in [9.17, 15) is 13.2 Å². The average Bonchev–Trinajstić information content (AvgIpc) is 3.02. The molecule has 7 nitrogen and oxygen atoms in total.